The zero-order valence-electron chi connectivity index (χ0n) is 14.8. The molecule has 124 valence electrons. The van der Waals surface area contributed by atoms with Gasteiger partial charge in [0.15, 0.2) is 0 Å². The lowest BCUT2D eigenvalue weighted by molar-refractivity contribution is -0.0327. The Kier molecular flexibility index (Phi) is 6.51. The second kappa shape index (κ2) is 7.94. The number of piperidine rings is 1. The van der Waals surface area contributed by atoms with E-state index in [1.807, 2.05) is 13.8 Å². The fourth-order valence-electron chi connectivity index (χ4n) is 4.48. The standard InChI is InChI=1S/C16H31N3.C2H6/c1-14(2)19-7-3-16(4-8-19)11-15(12-16)13-18-9-5-17-6-10-18;1-2/h14-15,17H,3-13H2,1-2H3;1-2H3. The molecule has 2 saturated heterocycles. The lowest BCUT2D eigenvalue weighted by Crippen LogP contribution is -2.52. The van der Waals surface area contributed by atoms with Crippen molar-refractivity contribution in [2.75, 3.05) is 45.8 Å². The number of hydrogen-bond acceptors (Lipinski definition) is 3. The number of nitrogens with one attached hydrogen (secondary N) is 1. The van der Waals surface area contributed by atoms with Gasteiger partial charge in [-0.15, -0.1) is 0 Å². The van der Waals surface area contributed by atoms with Gasteiger partial charge in [-0.2, -0.15) is 0 Å². The van der Waals surface area contributed by atoms with E-state index >= 15 is 0 Å². The second-order valence-electron chi connectivity index (χ2n) is 7.45. The van der Waals surface area contributed by atoms with Crippen LogP contribution in [-0.2, 0) is 0 Å². The van der Waals surface area contributed by atoms with Gasteiger partial charge in [0.2, 0.25) is 0 Å². The molecule has 3 heteroatoms. The third kappa shape index (κ3) is 4.43. The largest absolute Gasteiger partial charge is 0.314 e. The van der Waals surface area contributed by atoms with Crippen LogP contribution in [0.5, 0.6) is 0 Å². The van der Waals surface area contributed by atoms with Gasteiger partial charge in [-0.3, -0.25) is 0 Å². The first-order valence-electron chi connectivity index (χ1n) is 9.34. The van der Waals surface area contributed by atoms with Crippen LogP contribution in [0.2, 0.25) is 0 Å². The Balaban J connectivity index is 0.000000774. The van der Waals surface area contributed by atoms with Crippen molar-refractivity contribution in [3.63, 3.8) is 0 Å². The first kappa shape index (κ1) is 17.2. The van der Waals surface area contributed by atoms with Crippen LogP contribution in [-0.4, -0.2) is 61.7 Å². The van der Waals surface area contributed by atoms with E-state index in [1.54, 1.807) is 0 Å². The highest BCUT2D eigenvalue weighted by Crippen LogP contribution is 2.52. The Morgan fingerprint density at radius 3 is 2.10 bits per heavy atom. The maximum absolute atomic E-state index is 3.45. The quantitative estimate of drug-likeness (QED) is 0.864. The maximum atomic E-state index is 3.45. The summed E-state index contributed by atoms with van der Waals surface area (Å²) in [5.41, 5.74) is 0.754. The van der Waals surface area contributed by atoms with Crippen LogP contribution in [0.4, 0.5) is 0 Å². The molecule has 0 aromatic carbocycles. The summed E-state index contributed by atoms with van der Waals surface area (Å²) in [4.78, 5) is 5.34. The smallest absolute Gasteiger partial charge is 0.0107 e. The molecule has 0 aromatic rings. The summed E-state index contributed by atoms with van der Waals surface area (Å²) in [6.07, 6.45) is 5.96. The molecule has 21 heavy (non-hydrogen) atoms. The van der Waals surface area contributed by atoms with Crippen molar-refractivity contribution >= 4 is 0 Å². The third-order valence-electron chi connectivity index (χ3n) is 5.76. The Bertz CT molecular complexity index is 281. The van der Waals surface area contributed by atoms with Gasteiger partial charge in [0.25, 0.3) is 0 Å². The van der Waals surface area contributed by atoms with Gasteiger partial charge >= 0.3 is 0 Å². The van der Waals surface area contributed by atoms with E-state index in [0.717, 1.165) is 17.4 Å². The highest BCUT2D eigenvalue weighted by atomic mass is 15.2. The monoisotopic (exact) mass is 295 g/mol. The molecule has 3 aliphatic rings. The molecule has 1 spiro atoms. The van der Waals surface area contributed by atoms with Crippen LogP contribution in [0, 0.1) is 11.3 Å². The summed E-state index contributed by atoms with van der Waals surface area (Å²) in [6.45, 7) is 17.7. The van der Waals surface area contributed by atoms with Crippen LogP contribution in [0.1, 0.15) is 53.4 Å². The highest BCUT2D eigenvalue weighted by Gasteiger charge is 2.46. The van der Waals surface area contributed by atoms with Crippen molar-refractivity contribution in [3.8, 4) is 0 Å². The first-order chi connectivity index (χ1) is 10.2. The number of hydrogen-bond donors (Lipinski definition) is 1. The van der Waals surface area contributed by atoms with Crippen molar-refractivity contribution in [2.45, 2.75) is 59.4 Å². The summed E-state index contributed by atoms with van der Waals surface area (Å²) in [5, 5.41) is 3.45. The van der Waals surface area contributed by atoms with E-state index in [2.05, 4.69) is 29.0 Å². The van der Waals surface area contributed by atoms with Crippen LogP contribution < -0.4 is 5.32 Å². The number of nitrogens with zero attached hydrogens (tertiary/aromatic N) is 2. The molecule has 0 amide bonds. The molecule has 3 nitrogen and oxygen atoms in total. The van der Waals surface area contributed by atoms with Gasteiger partial charge in [-0.05, 0) is 64.0 Å². The van der Waals surface area contributed by atoms with Crippen LogP contribution in [0.3, 0.4) is 0 Å². The van der Waals surface area contributed by atoms with Crippen molar-refractivity contribution in [1.29, 1.82) is 0 Å². The minimum absolute atomic E-state index is 0.745. The van der Waals surface area contributed by atoms with Crippen molar-refractivity contribution < 1.29 is 0 Å². The molecule has 0 aromatic heterocycles. The Morgan fingerprint density at radius 1 is 1.00 bits per heavy atom. The van der Waals surface area contributed by atoms with Crippen LogP contribution in [0.15, 0.2) is 0 Å². The van der Waals surface area contributed by atoms with Gasteiger partial charge in [-0.1, -0.05) is 13.8 Å². The van der Waals surface area contributed by atoms with Crippen molar-refractivity contribution in [2.24, 2.45) is 11.3 Å². The van der Waals surface area contributed by atoms with Gasteiger partial charge in [0, 0.05) is 38.8 Å². The summed E-state index contributed by atoms with van der Waals surface area (Å²) < 4.78 is 0. The topological polar surface area (TPSA) is 18.5 Å². The zero-order valence-corrected chi connectivity index (χ0v) is 14.8. The normalized spacial score (nSPS) is 27.3. The maximum Gasteiger partial charge on any atom is 0.0107 e. The van der Waals surface area contributed by atoms with E-state index in [9.17, 15) is 0 Å². The van der Waals surface area contributed by atoms with Gasteiger partial charge < -0.3 is 15.1 Å². The molecular formula is C18H37N3. The molecular weight excluding hydrogens is 258 g/mol. The molecule has 3 fully saturated rings. The molecule has 0 bridgehead atoms. The lowest BCUT2D eigenvalue weighted by atomic mass is 9.57. The summed E-state index contributed by atoms with van der Waals surface area (Å²) >= 11 is 0. The predicted molar refractivity (Wildman–Crippen MR) is 91.8 cm³/mol. The van der Waals surface area contributed by atoms with E-state index in [-0.39, 0.29) is 0 Å². The number of likely N-dealkylation sites (tertiary alicyclic amines) is 1. The summed E-state index contributed by atoms with van der Waals surface area (Å²) in [7, 11) is 0. The molecule has 2 aliphatic heterocycles. The first-order valence-corrected chi connectivity index (χ1v) is 9.34. The molecule has 2 heterocycles. The fourth-order valence-corrected chi connectivity index (χ4v) is 4.48. The minimum Gasteiger partial charge on any atom is -0.314 e. The molecule has 0 atom stereocenters. The fraction of sp³-hybridized carbons (Fsp3) is 1.00. The second-order valence-corrected chi connectivity index (χ2v) is 7.45. The number of rotatable bonds is 3. The van der Waals surface area contributed by atoms with Gasteiger partial charge in [-0.25, -0.2) is 0 Å². The molecule has 3 rings (SSSR count). The predicted octanol–water partition coefficient (Wildman–Crippen LogP) is 2.82. The van der Waals surface area contributed by atoms with E-state index in [1.165, 1.54) is 71.5 Å². The van der Waals surface area contributed by atoms with Gasteiger partial charge in [0.1, 0.15) is 0 Å². The molecule has 1 aliphatic carbocycles. The van der Waals surface area contributed by atoms with E-state index in [0.29, 0.717) is 0 Å². The third-order valence-corrected chi connectivity index (χ3v) is 5.76. The summed E-state index contributed by atoms with van der Waals surface area (Å²) in [6, 6.07) is 0.745. The van der Waals surface area contributed by atoms with Crippen molar-refractivity contribution in [3.05, 3.63) is 0 Å². The van der Waals surface area contributed by atoms with Crippen LogP contribution in [0.25, 0.3) is 0 Å². The summed E-state index contributed by atoms with van der Waals surface area (Å²) in [5.74, 6) is 1.00. The molecule has 0 radical (unpaired) electrons. The lowest BCUT2D eigenvalue weighted by Gasteiger charge is -2.54. The average Bonchev–Trinajstić information content (AvgIpc) is 2.49. The van der Waals surface area contributed by atoms with E-state index in [4.69, 9.17) is 0 Å². The zero-order chi connectivity index (χ0) is 15.3. The molecule has 1 N–H and O–H groups in total. The van der Waals surface area contributed by atoms with Gasteiger partial charge in [0.05, 0.1) is 0 Å². The van der Waals surface area contributed by atoms with Crippen molar-refractivity contribution in [1.82, 2.24) is 15.1 Å². The molecule has 1 saturated carbocycles. The highest BCUT2D eigenvalue weighted by molar-refractivity contribution is 4.98. The Morgan fingerprint density at radius 2 is 1.57 bits per heavy atom. The number of piperazine rings is 1. The Labute approximate surface area is 132 Å². The van der Waals surface area contributed by atoms with E-state index < -0.39 is 0 Å². The SMILES string of the molecule is CC.CC(C)N1CCC2(CC1)CC(CN1CCNCC1)C2. The average molecular weight is 296 g/mol. The Hall–Kier alpha value is -0.120. The van der Waals surface area contributed by atoms with Crippen LogP contribution >= 0.6 is 0 Å². The minimum atomic E-state index is 0.745. The molecule has 0 unspecified atom stereocenters.